The van der Waals surface area contributed by atoms with Crippen molar-refractivity contribution in [2.45, 2.75) is 31.6 Å². The van der Waals surface area contributed by atoms with Crippen molar-refractivity contribution in [1.82, 2.24) is 0 Å². The number of azo groups is 2. The molecule has 3 aromatic carbocycles. The molecule has 0 aliphatic rings. The number of rotatable bonds is 8. The van der Waals surface area contributed by atoms with Crippen LogP contribution in [0, 0.1) is 27.5 Å². The molecule has 0 aliphatic heterocycles. The number of halogens is 1. The van der Waals surface area contributed by atoms with E-state index >= 15 is 0 Å². The molecule has 0 fully saturated rings. The fraction of sp³-hybridized carbons (Fsp3) is 0.250. The van der Waals surface area contributed by atoms with Gasteiger partial charge in [0.25, 0.3) is 5.69 Å². The third-order valence-corrected chi connectivity index (χ3v) is 7.22. The number of ether oxygens (including phenoxy) is 1. The van der Waals surface area contributed by atoms with Gasteiger partial charge >= 0.3 is 147 Å². The summed E-state index contributed by atoms with van der Waals surface area (Å²) in [4.78, 5) is 10.9. The average Bonchev–Trinajstić information content (AvgIpc) is 2.78. The molecule has 0 amide bonds. The van der Waals surface area contributed by atoms with E-state index in [9.17, 15) is 10.1 Å². The molecule has 33 heavy (non-hydrogen) atoms. The number of nitrogens with zero attached hydrogens (tertiary/aromatic N) is 5. The van der Waals surface area contributed by atoms with E-state index in [1.54, 1.807) is 38.3 Å². The first-order valence-electron chi connectivity index (χ1n) is 10.3. The van der Waals surface area contributed by atoms with Crippen LogP contribution in [0.15, 0.2) is 75.1 Å². The molecule has 0 atom stereocenters. The fourth-order valence-electron chi connectivity index (χ4n) is 2.93. The Bertz CT molecular complexity index is 1210. The van der Waals surface area contributed by atoms with Gasteiger partial charge in [0.1, 0.15) is 0 Å². The SMILES string of the molecule is COc1cc(N=Nc2ccc(C)cc2[N+](=O)[O-])c(C)cc1N=Nc1ccc([I-]C(C)C)cc1. The quantitative estimate of drug-likeness (QED) is 0.132. The van der Waals surface area contributed by atoms with Crippen molar-refractivity contribution in [3.05, 3.63) is 79.4 Å². The summed E-state index contributed by atoms with van der Waals surface area (Å²) in [6.45, 7) is 8.12. The van der Waals surface area contributed by atoms with Gasteiger partial charge in [0, 0.05) is 6.07 Å². The zero-order valence-corrected chi connectivity index (χ0v) is 21.3. The summed E-state index contributed by atoms with van der Waals surface area (Å²) in [7, 11) is 1.54. The van der Waals surface area contributed by atoms with Crippen LogP contribution in [0.3, 0.4) is 0 Å². The molecule has 0 N–H and O–H groups in total. The first kappa shape index (κ1) is 24.4. The van der Waals surface area contributed by atoms with E-state index in [-0.39, 0.29) is 32.6 Å². The van der Waals surface area contributed by atoms with Gasteiger partial charge in [-0.25, -0.2) is 0 Å². The summed E-state index contributed by atoms with van der Waals surface area (Å²) >= 11 is 0.00594. The van der Waals surface area contributed by atoms with Gasteiger partial charge in [-0.15, -0.1) is 0 Å². The Balaban J connectivity index is 1.85. The Morgan fingerprint density at radius 2 is 1.55 bits per heavy atom. The number of aryl methyl sites for hydroxylation is 2. The first-order chi connectivity index (χ1) is 15.8. The van der Waals surface area contributed by atoms with Crippen LogP contribution in [0.5, 0.6) is 5.75 Å². The Hall–Kier alpha value is -3.21. The Morgan fingerprint density at radius 3 is 2.18 bits per heavy atom. The number of alkyl halides is 1. The van der Waals surface area contributed by atoms with Crippen molar-refractivity contribution in [2.75, 3.05) is 7.11 Å². The van der Waals surface area contributed by atoms with E-state index in [0.717, 1.165) is 16.8 Å². The fourth-order valence-corrected chi connectivity index (χ4v) is 5.14. The second-order valence-corrected chi connectivity index (χ2v) is 11.9. The minimum absolute atomic E-state index is 0.00594. The van der Waals surface area contributed by atoms with Crippen LogP contribution in [0.25, 0.3) is 0 Å². The number of methoxy groups -OCH3 is 1. The predicted molar refractivity (Wildman–Crippen MR) is 124 cm³/mol. The molecular formula is C24H25IN5O3-. The minimum atomic E-state index is -0.463. The van der Waals surface area contributed by atoms with Gasteiger partial charge in [0.05, 0.1) is 4.92 Å². The van der Waals surface area contributed by atoms with Crippen molar-refractivity contribution in [2.24, 2.45) is 20.5 Å². The normalized spacial score (nSPS) is 11.7. The number of benzene rings is 3. The first-order valence-corrected chi connectivity index (χ1v) is 12.6. The molecule has 9 heteroatoms. The van der Waals surface area contributed by atoms with Crippen molar-refractivity contribution in [3.8, 4) is 5.75 Å². The van der Waals surface area contributed by atoms with Crippen LogP contribution in [-0.2, 0) is 0 Å². The topological polar surface area (TPSA) is 102 Å². The molecule has 3 aromatic rings. The molecule has 0 unspecified atom stereocenters. The zero-order valence-electron chi connectivity index (χ0n) is 19.1. The van der Waals surface area contributed by atoms with E-state index in [4.69, 9.17) is 4.74 Å². The van der Waals surface area contributed by atoms with Gasteiger partial charge in [-0.2, -0.15) is 0 Å². The van der Waals surface area contributed by atoms with Crippen LogP contribution >= 0.6 is 0 Å². The summed E-state index contributed by atoms with van der Waals surface area (Å²) in [5, 5.41) is 28.3. The van der Waals surface area contributed by atoms with Crippen molar-refractivity contribution >= 4 is 28.4 Å². The molecule has 0 radical (unpaired) electrons. The third-order valence-electron chi connectivity index (χ3n) is 4.53. The van der Waals surface area contributed by atoms with Crippen LogP contribution in [0.4, 0.5) is 28.4 Å². The van der Waals surface area contributed by atoms with Gasteiger partial charge in [-0.1, -0.05) is 6.07 Å². The van der Waals surface area contributed by atoms with E-state index in [1.165, 1.54) is 9.64 Å². The molecule has 0 spiro atoms. The predicted octanol–water partition coefficient (Wildman–Crippen LogP) is 4.72. The molecule has 0 heterocycles. The molecule has 3 rings (SSSR count). The Kier molecular flexibility index (Phi) is 8.21. The van der Waals surface area contributed by atoms with E-state index in [1.807, 2.05) is 19.1 Å². The third kappa shape index (κ3) is 6.64. The molecule has 8 nitrogen and oxygen atoms in total. The number of nitro groups is 1. The maximum atomic E-state index is 11.3. The number of hydrogen-bond acceptors (Lipinski definition) is 7. The second kappa shape index (κ2) is 11.1. The summed E-state index contributed by atoms with van der Waals surface area (Å²) in [5.74, 6) is 0.485. The summed E-state index contributed by atoms with van der Waals surface area (Å²) < 4.78 is 7.54. The Morgan fingerprint density at radius 1 is 0.879 bits per heavy atom. The van der Waals surface area contributed by atoms with Crippen LogP contribution in [-0.4, -0.2) is 16.0 Å². The standard InChI is InChI=1S/C24H25IN5O3/c1-15(2)25-18-7-9-19(10-8-18)26-29-22-13-17(4)21(14-24(22)33-5)28-27-20-11-6-16(3)12-23(20)30(31)32/h6-15H,1-5H3/q-1. The van der Waals surface area contributed by atoms with Gasteiger partial charge in [0.2, 0.25) is 0 Å². The molecule has 172 valence electrons. The molecule has 0 aromatic heterocycles. The van der Waals surface area contributed by atoms with Crippen LogP contribution in [0.2, 0.25) is 0 Å². The van der Waals surface area contributed by atoms with Gasteiger partial charge in [-0.3, -0.25) is 10.1 Å². The monoisotopic (exact) mass is 558 g/mol. The molecule has 0 aliphatic carbocycles. The number of nitro benzene ring substituents is 1. The van der Waals surface area contributed by atoms with Crippen LogP contribution < -0.4 is 25.9 Å². The molecule has 0 saturated heterocycles. The van der Waals surface area contributed by atoms with E-state index in [2.05, 4.69) is 46.4 Å². The van der Waals surface area contributed by atoms with Gasteiger partial charge < -0.3 is 0 Å². The van der Waals surface area contributed by atoms with Crippen molar-refractivity contribution < 1.29 is 30.9 Å². The zero-order chi connectivity index (χ0) is 24.0. The summed E-state index contributed by atoms with van der Waals surface area (Å²) in [5.41, 5.74) is 3.54. The molecule has 0 saturated carbocycles. The van der Waals surface area contributed by atoms with E-state index in [0.29, 0.717) is 21.0 Å². The van der Waals surface area contributed by atoms with E-state index < -0.39 is 4.92 Å². The maximum absolute atomic E-state index is 11.3. The van der Waals surface area contributed by atoms with Gasteiger partial charge in [0.15, 0.2) is 5.69 Å². The van der Waals surface area contributed by atoms with Crippen LogP contribution in [0.1, 0.15) is 25.0 Å². The Labute approximate surface area is 203 Å². The molecular weight excluding hydrogens is 533 g/mol. The summed E-state index contributed by atoms with van der Waals surface area (Å²) in [6.07, 6.45) is 0. The molecule has 0 bridgehead atoms. The average molecular weight is 558 g/mol. The summed E-state index contributed by atoms with van der Waals surface area (Å²) in [6, 6.07) is 16.5. The number of hydrogen-bond donors (Lipinski definition) is 0. The second-order valence-electron chi connectivity index (χ2n) is 7.56. The van der Waals surface area contributed by atoms with Crippen molar-refractivity contribution in [1.29, 1.82) is 0 Å². The van der Waals surface area contributed by atoms with Crippen molar-refractivity contribution in [3.63, 3.8) is 0 Å². The van der Waals surface area contributed by atoms with Gasteiger partial charge in [-0.05, 0) is 18.6 Å².